The van der Waals surface area contributed by atoms with E-state index >= 15 is 0 Å². The fourth-order valence-electron chi connectivity index (χ4n) is 7.37. The second-order valence-electron chi connectivity index (χ2n) is 17.9. The third kappa shape index (κ3) is 11.8. The van der Waals surface area contributed by atoms with Crippen molar-refractivity contribution in [3.63, 3.8) is 0 Å². The third-order valence-electron chi connectivity index (χ3n) is 9.78. The van der Waals surface area contributed by atoms with E-state index in [-0.39, 0.29) is 42.8 Å². The van der Waals surface area contributed by atoms with Crippen molar-refractivity contribution < 1.29 is 32.7 Å². The number of ether oxygens (including phenoxy) is 2. The van der Waals surface area contributed by atoms with Crippen LogP contribution < -0.4 is 26.3 Å². The quantitative estimate of drug-likeness (QED) is 0.0830. The van der Waals surface area contributed by atoms with E-state index in [1.165, 1.54) is 12.1 Å². The van der Waals surface area contributed by atoms with Crippen LogP contribution in [0.2, 0.25) is 5.04 Å². The number of alkyl carbamates (subject to hydrolysis) is 2. The van der Waals surface area contributed by atoms with Crippen LogP contribution in [0.1, 0.15) is 79.2 Å². The lowest BCUT2D eigenvalue weighted by Gasteiger charge is -2.44. The summed E-state index contributed by atoms with van der Waals surface area (Å²) < 4.78 is 33.1. The van der Waals surface area contributed by atoms with Crippen molar-refractivity contribution in [2.24, 2.45) is 5.92 Å². The SMILES string of the molecule is CC(C)(C)OC(=O)NCC(CO[Si](c1ccccc1)(c1ccccc1)C(C)(C)C)C[C@H](CNC(=O)c1[nH]c2ccc(F)cc2c1-c1ccccc1)NC(=O)OC(C)(C)C. The van der Waals surface area contributed by atoms with E-state index in [9.17, 15) is 18.8 Å². The Kier molecular flexibility index (Phi) is 14.1. The molecular formula is C47H59FN4O6Si. The highest BCUT2D eigenvalue weighted by molar-refractivity contribution is 6.99. The van der Waals surface area contributed by atoms with Gasteiger partial charge in [0, 0.05) is 48.1 Å². The van der Waals surface area contributed by atoms with Crippen LogP contribution in [0.15, 0.2) is 109 Å². The first-order valence-corrected chi connectivity index (χ1v) is 22.0. The van der Waals surface area contributed by atoms with E-state index in [0.717, 1.165) is 15.9 Å². The van der Waals surface area contributed by atoms with Crippen molar-refractivity contribution in [2.75, 3.05) is 19.7 Å². The van der Waals surface area contributed by atoms with Crippen molar-refractivity contribution in [1.82, 2.24) is 20.9 Å². The molecular weight excluding hydrogens is 764 g/mol. The molecule has 0 spiro atoms. The number of rotatable bonds is 14. The molecule has 0 radical (unpaired) electrons. The van der Waals surface area contributed by atoms with Gasteiger partial charge < -0.3 is 34.8 Å². The molecule has 0 fully saturated rings. The summed E-state index contributed by atoms with van der Waals surface area (Å²) in [6.45, 7) is 17.7. The Balaban J connectivity index is 1.49. The number of amides is 3. The zero-order chi connectivity index (χ0) is 43.0. The Bertz CT molecular complexity index is 2140. The second kappa shape index (κ2) is 18.6. The van der Waals surface area contributed by atoms with E-state index in [2.05, 4.69) is 66.0 Å². The number of carbonyl (C=O) groups excluding carboxylic acids is 3. The second-order valence-corrected chi connectivity index (χ2v) is 22.2. The summed E-state index contributed by atoms with van der Waals surface area (Å²) in [5, 5.41) is 11.4. The smallest absolute Gasteiger partial charge is 0.407 e. The topological polar surface area (TPSA) is 131 Å². The van der Waals surface area contributed by atoms with Crippen molar-refractivity contribution >= 4 is 47.7 Å². The molecule has 59 heavy (non-hydrogen) atoms. The fraction of sp³-hybridized carbons (Fsp3) is 0.383. The summed E-state index contributed by atoms with van der Waals surface area (Å²) in [4.78, 5) is 43.8. The van der Waals surface area contributed by atoms with E-state index < -0.39 is 49.5 Å². The molecule has 3 amide bonds. The van der Waals surface area contributed by atoms with Crippen LogP contribution in [0.4, 0.5) is 14.0 Å². The van der Waals surface area contributed by atoms with Gasteiger partial charge in [-0.1, -0.05) is 112 Å². The van der Waals surface area contributed by atoms with Gasteiger partial charge in [0.05, 0.1) is 0 Å². The average Bonchev–Trinajstić information content (AvgIpc) is 3.54. The minimum Gasteiger partial charge on any atom is -0.444 e. The monoisotopic (exact) mass is 822 g/mol. The largest absolute Gasteiger partial charge is 0.444 e. The summed E-state index contributed by atoms with van der Waals surface area (Å²) in [5.41, 5.74) is 0.660. The van der Waals surface area contributed by atoms with Crippen LogP contribution in [-0.4, -0.2) is 68.3 Å². The number of aromatic nitrogens is 1. The molecule has 0 bridgehead atoms. The van der Waals surface area contributed by atoms with E-state index in [0.29, 0.717) is 16.5 Å². The molecule has 0 aliphatic rings. The van der Waals surface area contributed by atoms with Crippen LogP contribution in [0.5, 0.6) is 0 Å². The minimum atomic E-state index is -3.02. The molecule has 5 aromatic rings. The van der Waals surface area contributed by atoms with E-state index in [1.807, 2.05) is 66.7 Å². The fourth-order valence-corrected chi connectivity index (χ4v) is 12.0. The highest BCUT2D eigenvalue weighted by atomic mass is 28.4. The number of halogens is 1. The molecule has 0 saturated heterocycles. The summed E-state index contributed by atoms with van der Waals surface area (Å²) in [7, 11) is -3.02. The molecule has 4 N–H and O–H groups in total. The van der Waals surface area contributed by atoms with Crippen LogP contribution in [0.3, 0.4) is 0 Å². The Morgan fingerprint density at radius 3 is 1.78 bits per heavy atom. The number of benzene rings is 4. The predicted octanol–water partition coefficient (Wildman–Crippen LogP) is 8.70. The normalized spacial score (nSPS) is 13.3. The lowest BCUT2D eigenvalue weighted by molar-refractivity contribution is 0.0467. The van der Waals surface area contributed by atoms with Gasteiger partial charge in [-0.05, 0) is 87.1 Å². The van der Waals surface area contributed by atoms with Gasteiger partial charge in [-0.3, -0.25) is 4.79 Å². The molecule has 314 valence electrons. The van der Waals surface area contributed by atoms with Crippen LogP contribution >= 0.6 is 0 Å². The van der Waals surface area contributed by atoms with Gasteiger partial charge in [0.2, 0.25) is 0 Å². The van der Waals surface area contributed by atoms with Crippen molar-refractivity contribution in [3.05, 3.63) is 121 Å². The van der Waals surface area contributed by atoms with Crippen LogP contribution in [0, 0.1) is 11.7 Å². The maximum atomic E-state index is 14.5. The van der Waals surface area contributed by atoms with Gasteiger partial charge in [0.1, 0.15) is 22.7 Å². The average molecular weight is 823 g/mol. The molecule has 1 aromatic heterocycles. The third-order valence-corrected chi connectivity index (χ3v) is 14.8. The number of H-pyrrole nitrogens is 1. The summed E-state index contributed by atoms with van der Waals surface area (Å²) in [5.74, 6) is -1.24. The number of nitrogens with one attached hydrogen (secondary N) is 4. The Morgan fingerprint density at radius 2 is 1.24 bits per heavy atom. The molecule has 4 aromatic carbocycles. The zero-order valence-corrected chi connectivity index (χ0v) is 36.7. The molecule has 0 aliphatic carbocycles. The number of aromatic amines is 1. The summed E-state index contributed by atoms with van der Waals surface area (Å²) in [6.07, 6.45) is -0.965. The number of carbonyl (C=O) groups is 3. The van der Waals surface area contributed by atoms with Gasteiger partial charge in [-0.2, -0.15) is 0 Å². The van der Waals surface area contributed by atoms with Gasteiger partial charge in [0.15, 0.2) is 0 Å². The highest BCUT2D eigenvalue weighted by Gasteiger charge is 2.50. The number of hydrogen-bond donors (Lipinski definition) is 4. The molecule has 5 rings (SSSR count). The first-order valence-electron chi connectivity index (χ1n) is 20.1. The maximum absolute atomic E-state index is 14.5. The van der Waals surface area contributed by atoms with Gasteiger partial charge in [-0.25, -0.2) is 14.0 Å². The van der Waals surface area contributed by atoms with Crippen molar-refractivity contribution in [3.8, 4) is 11.1 Å². The van der Waals surface area contributed by atoms with Gasteiger partial charge in [-0.15, -0.1) is 0 Å². The molecule has 2 atom stereocenters. The number of hydrogen-bond acceptors (Lipinski definition) is 6. The summed E-state index contributed by atoms with van der Waals surface area (Å²) >= 11 is 0. The van der Waals surface area contributed by atoms with Crippen LogP contribution in [0.25, 0.3) is 22.0 Å². The van der Waals surface area contributed by atoms with Gasteiger partial charge >= 0.3 is 12.2 Å². The molecule has 10 nitrogen and oxygen atoms in total. The molecule has 1 heterocycles. The first kappa shape index (κ1) is 44.6. The van der Waals surface area contributed by atoms with Gasteiger partial charge in [0.25, 0.3) is 14.2 Å². The lowest BCUT2D eigenvalue weighted by atomic mass is 9.99. The standard InChI is InChI=1S/C47H59FN4O6Si/c1-45(2,3)57-43(54)50-29-32(31-56-59(47(7,8)9,36-21-15-11-16-22-36)37-23-17-12-18-24-37)27-35(51-44(55)58-46(4,5)6)30-49-42(53)41-40(33-19-13-10-14-20-33)38-28-34(48)25-26-39(38)52-41/h10-26,28,32,35,52H,27,29-31H2,1-9H3,(H,49,53)(H,50,54)(H,51,55)/t32?,35-/m1/s1. The Labute approximate surface area is 348 Å². The molecule has 0 aliphatic heterocycles. The predicted molar refractivity (Wildman–Crippen MR) is 235 cm³/mol. The van der Waals surface area contributed by atoms with E-state index in [1.54, 1.807) is 47.6 Å². The molecule has 1 unspecified atom stereocenters. The highest BCUT2D eigenvalue weighted by Crippen LogP contribution is 2.37. The zero-order valence-electron chi connectivity index (χ0n) is 35.7. The van der Waals surface area contributed by atoms with Crippen molar-refractivity contribution in [1.29, 1.82) is 0 Å². The first-order chi connectivity index (χ1) is 27.8. The Morgan fingerprint density at radius 1 is 0.695 bits per heavy atom. The Hall–Kier alpha value is -5.46. The summed E-state index contributed by atoms with van der Waals surface area (Å²) in [6, 6.07) is 33.5. The van der Waals surface area contributed by atoms with Crippen molar-refractivity contribution in [2.45, 2.75) is 91.0 Å². The van der Waals surface area contributed by atoms with Crippen LogP contribution in [-0.2, 0) is 13.9 Å². The maximum Gasteiger partial charge on any atom is 0.407 e. The van der Waals surface area contributed by atoms with E-state index in [4.69, 9.17) is 13.9 Å². The number of fused-ring (bicyclic) bond motifs is 1. The molecule has 0 saturated carbocycles. The lowest BCUT2D eigenvalue weighted by Crippen LogP contribution is -2.67. The molecule has 12 heteroatoms. The minimum absolute atomic E-state index is 0.00180.